The fourth-order valence-corrected chi connectivity index (χ4v) is 7.59. The van der Waals surface area contributed by atoms with Gasteiger partial charge >= 0.3 is 0 Å². The van der Waals surface area contributed by atoms with Crippen LogP contribution >= 0.6 is 0 Å². The number of aromatic nitrogens is 8. The van der Waals surface area contributed by atoms with Gasteiger partial charge in [-0.3, -0.25) is 9.36 Å². The van der Waals surface area contributed by atoms with Gasteiger partial charge in [-0.1, -0.05) is 36.4 Å². The Morgan fingerprint density at radius 2 is 1.67 bits per heavy atom. The Morgan fingerprint density at radius 3 is 2.46 bits per heavy atom. The van der Waals surface area contributed by atoms with Gasteiger partial charge in [0.15, 0.2) is 23.6 Å². The minimum absolute atomic E-state index is 0.235. The third-order valence-corrected chi connectivity index (χ3v) is 10.3. The summed E-state index contributed by atoms with van der Waals surface area (Å²) in [6, 6.07) is 30.8. The van der Waals surface area contributed by atoms with Crippen molar-refractivity contribution >= 4 is 22.9 Å². The molecule has 0 spiro atoms. The van der Waals surface area contributed by atoms with Crippen LogP contribution in [0.2, 0.25) is 0 Å². The maximum atomic E-state index is 14.4. The van der Waals surface area contributed by atoms with Crippen LogP contribution in [0.4, 0.5) is 5.82 Å². The van der Waals surface area contributed by atoms with Crippen LogP contribution in [-0.4, -0.2) is 58.2 Å². The molecule has 0 bridgehead atoms. The largest absolute Gasteiger partial charge is 0.488 e. The molecule has 1 fully saturated rings. The number of anilines is 1. The normalized spacial score (nSPS) is 15.3. The third-order valence-electron chi connectivity index (χ3n) is 10.3. The van der Waals surface area contributed by atoms with Gasteiger partial charge in [0.05, 0.1) is 41.6 Å². The monoisotopic (exact) mass is 756 g/mol. The Hall–Kier alpha value is -7.16. The van der Waals surface area contributed by atoms with Crippen molar-refractivity contribution in [3.05, 3.63) is 156 Å². The first-order chi connectivity index (χ1) is 28.1. The molecule has 57 heavy (non-hydrogen) atoms. The van der Waals surface area contributed by atoms with Crippen molar-refractivity contribution in [2.24, 2.45) is 0 Å². The summed E-state index contributed by atoms with van der Waals surface area (Å²) >= 11 is 0. The predicted octanol–water partition coefficient (Wildman–Crippen LogP) is 6.48. The first-order valence-electron chi connectivity index (χ1n) is 18.7. The second kappa shape index (κ2) is 14.5. The number of hydrogen-bond donors (Lipinski definition) is 2. The van der Waals surface area contributed by atoms with Crippen molar-refractivity contribution in [1.29, 1.82) is 0 Å². The molecule has 3 aromatic carbocycles. The van der Waals surface area contributed by atoms with Gasteiger partial charge in [-0.25, -0.2) is 24.3 Å². The molecular weight excluding hydrogens is 721 g/mol. The van der Waals surface area contributed by atoms with E-state index in [0.29, 0.717) is 76.6 Å². The van der Waals surface area contributed by atoms with Crippen molar-refractivity contribution in [2.45, 2.75) is 31.8 Å². The fourth-order valence-electron chi connectivity index (χ4n) is 7.59. The SMILES string of the molecule is Nc1ncccc1-c1nc2ccc(-n3cccn3)nc2n1-c1ccc2c(c1)CC[C@@H]2NC(=O)c1cc(C2OCCO2)c(OCc2ccccc2)cc1-n1cccn1. The maximum Gasteiger partial charge on any atom is 0.253 e. The summed E-state index contributed by atoms with van der Waals surface area (Å²) < 4.78 is 23.6. The summed E-state index contributed by atoms with van der Waals surface area (Å²) in [5.74, 6) is 1.95. The van der Waals surface area contributed by atoms with Crippen molar-refractivity contribution in [1.82, 2.24) is 44.4 Å². The van der Waals surface area contributed by atoms with Crippen LogP contribution in [-0.2, 0) is 22.5 Å². The molecule has 8 aromatic rings. The summed E-state index contributed by atoms with van der Waals surface area (Å²) in [6.07, 6.45) is 9.51. The second-order valence-electron chi connectivity index (χ2n) is 13.8. The first-order valence-corrected chi connectivity index (χ1v) is 18.7. The first kappa shape index (κ1) is 34.3. The van der Waals surface area contributed by atoms with Crippen molar-refractivity contribution in [3.8, 4) is 34.3 Å². The van der Waals surface area contributed by atoms with E-state index >= 15 is 0 Å². The molecule has 1 amide bonds. The number of hydrogen-bond acceptors (Lipinski definition) is 10. The van der Waals surface area contributed by atoms with E-state index in [-0.39, 0.29) is 11.9 Å². The van der Waals surface area contributed by atoms with E-state index < -0.39 is 6.29 Å². The predicted molar refractivity (Wildman–Crippen MR) is 211 cm³/mol. The summed E-state index contributed by atoms with van der Waals surface area (Å²) in [5, 5.41) is 12.2. The number of nitrogens with one attached hydrogen (secondary N) is 1. The molecule has 2 aliphatic rings. The van der Waals surface area contributed by atoms with Crippen LogP contribution in [0.25, 0.3) is 39.7 Å². The summed E-state index contributed by atoms with van der Waals surface area (Å²) in [7, 11) is 0. The van der Waals surface area contributed by atoms with Crippen LogP contribution in [0.15, 0.2) is 128 Å². The lowest BCUT2D eigenvalue weighted by Gasteiger charge is -2.21. The van der Waals surface area contributed by atoms with E-state index in [0.717, 1.165) is 35.2 Å². The lowest BCUT2D eigenvalue weighted by atomic mass is 10.0. The van der Waals surface area contributed by atoms with Gasteiger partial charge in [-0.05, 0) is 84.1 Å². The number of ether oxygens (including phenoxy) is 3. The highest BCUT2D eigenvalue weighted by Gasteiger charge is 2.30. The number of pyridine rings is 2. The van der Waals surface area contributed by atoms with Gasteiger partial charge < -0.3 is 25.3 Å². The maximum absolute atomic E-state index is 14.4. The zero-order valence-electron chi connectivity index (χ0n) is 30.6. The topological polar surface area (TPSA) is 162 Å². The minimum Gasteiger partial charge on any atom is -0.488 e. The Bertz CT molecular complexity index is 2730. The molecular formula is C43H36N10O4. The Labute approximate surface area is 326 Å². The lowest BCUT2D eigenvalue weighted by molar-refractivity contribution is -0.0459. The van der Waals surface area contributed by atoms with Crippen molar-refractivity contribution < 1.29 is 19.0 Å². The Balaban J connectivity index is 0.997. The van der Waals surface area contributed by atoms with Crippen LogP contribution in [0.1, 0.15) is 51.4 Å². The Kier molecular flexibility index (Phi) is 8.73. The average molecular weight is 757 g/mol. The van der Waals surface area contributed by atoms with E-state index in [4.69, 9.17) is 29.9 Å². The van der Waals surface area contributed by atoms with Crippen LogP contribution < -0.4 is 15.8 Å². The van der Waals surface area contributed by atoms with Gasteiger partial charge in [0, 0.05) is 42.7 Å². The van der Waals surface area contributed by atoms with Gasteiger partial charge in [0.1, 0.15) is 23.7 Å². The number of nitrogens with two attached hydrogens (primary N) is 1. The van der Waals surface area contributed by atoms with E-state index in [2.05, 4.69) is 32.6 Å². The molecule has 0 radical (unpaired) electrons. The van der Waals surface area contributed by atoms with Gasteiger partial charge in [-0.2, -0.15) is 10.2 Å². The summed E-state index contributed by atoms with van der Waals surface area (Å²) in [5.41, 5.74) is 14.1. The Morgan fingerprint density at radius 1 is 0.842 bits per heavy atom. The number of carbonyl (C=O) groups is 1. The molecule has 282 valence electrons. The fraction of sp³-hybridized carbons (Fsp3) is 0.163. The second-order valence-corrected chi connectivity index (χ2v) is 13.8. The highest BCUT2D eigenvalue weighted by molar-refractivity contribution is 5.98. The van der Waals surface area contributed by atoms with E-state index in [1.807, 2.05) is 102 Å². The summed E-state index contributed by atoms with van der Waals surface area (Å²) in [4.78, 5) is 28.7. The average Bonchev–Trinajstić information content (AvgIpc) is 4.11. The molecule has 0 unspecified atom stereocenters. The highest BCUT2D eigenvalue weighted by Crippen LogP contribution is 2.38. The van der Waals surface area contributed by atoms with Gasteiger partial charge in [-0.15, -0.1) is 0 Å². The number of nitrogen functional groups attached to an aromatic ring is 1. The molecule has 10 rings (SSSR count). The smallest absolute Gasteiger partial charge is 0.253 e. The number of fused-ring (bicyclic) bond motifs is 2. The van der Waals surface area contributed by atoms with Crippen LogP contribution in [0.3, 0.4) is 0 Å². The molecule has 14 heteroatoms. The third kappa shape index (κ3) is 6.46. The van der Waals surface area contributed by atoms with Crippen molar-refractivity contribution in [2.75, 3.05) is 18.9 Å². The molecule has 6 heterocycles. The molecule has 3 N–H and O–H groups in total. The zero-order valence-corrected chi connectivity index (χ0v) is 30.6. The number of amides is 1. The standard InChI is InChI=1S/C43H36N10O4/c44-39-31(9-4-16-45-39)40-48-35-14-15-38(52-20-6-18-47-52)50-41(35)53(40)29-11-12-30-28(23-29)10-13-34(30)49-42(54)32-24-33(43-55-21-22-56-43)37(25-36(32)51-19-5-17-46-51)57-26-27-7-2-1-3-8-27/h1-9,11-12,14-20,23-25,34,43H,10,13,21-22,26H2,(H2,44,45)(H,49,54)/t34-/m0/s1. The molecule has 1 atom stereocenters. The summed E-state index contributed by atoms with van der Waals surface area (Å²) in [6.45, 7) is 1.22. The molecule has 5 aromatic heterocycles. The molecule has 1 aliphatic heterocycles. The van der Waals surface area contributed by atoms with Crippen LogP contribution in [0, 0.1) is 0 Å². The highest BCUT2D eigenvalue weighted by atomic mass is 16.7. The number of imidazole rings is 1. The quantitative estimate of drug-likeness (QED) is 0.158. The number of nitrogens with zero attached hydrogens (tertiary/aromatic N) is 8. The van der Waals surface area contributed by atoms with Gasteiger partial charge in [0.25, 0.3) is 5.91 Å². The lowest BCUT2D eigenvalue weighted by Crippen LogP contribution is -2.28. The minimum atomic E-state index is -0.670. The molecule has 0 saturated carbocycles. The van der Waals surface area contributed by atoms with Crippen molar-refractivity contribution in [3.63, 3.8) is 0 Å². The number of carbonyl (C=O) groups excluding carboxylic acids is 1. The van der Waals surface area contributed by atoms with E-state index in [9.17, 15) is 4.79 Å². The van der Waals surface area contributed by atoms with E-state index in [1.165, 1.54) is 0 Å². The molecule has 1 aliphatic carbocycles. The molecule has 14 nitrogen and oxygen atoms in total. The number of rotatable bonds is 10. The zero-order chi connectivity index (χ0) is 38.3. The number of benzene rings is 3. The van der Waals surface area contributed by atoms with Crippen LogP contribution in [0.5, 0.6) is 5.75 Å². The van der Waals surface area contributed by atoms with E-state index in [1.54, 1.807) is 28.0 Å². The number of aryl methyl sites for hydroxylation is 1. The molecule has 1 saturated heterocycles. The van der Waals surface area contributed by atoms with Gasteiger partial charge in [0.2, 0.25) is 0 Å².